The van der Waals surface area contributed by atoms with E-state index in [2.05, 4.69) is 0 Å². The summed E-state index contributed by atoms with van der Waals surface area (Å²) in [5.41, 5.74) is 0.811. The second-order valence-corrected chi connectivity index (χ2v) is 5.28. The van der Waals surface area contributed by atoms with Gasteiger partial charge < -0.3 is 14.4 Å². The summed E-state index contributed by atoms with van der Waals surface area (Å²) in [6.07, 6.45) is 0.419. The van der Waals surface area contributed by atoms with Gasteiger partial charge in [0, 0.05) is 23.7 Å². The van der Waals surface area contributed by atoms with Crippen molar-refractivity contribution >= 4 is 22.9 Å². The van der Waals surface area contributed by atoms with Gasteiger partial charge in [-0.05, 0) is 23.6 Å². The number of ether oxygens (including phenoxy) is 2. The highest BCUT2D eigenvalue weighted by molar-refractivity contribution is 7.10. The molecule has 0 radical (unpaired) electrons. The van der Waals surface area contributed by atoms with Gasteiger partial charge in [-0.15, -0.1) is 11.3 Å². The van der Waals surface area contributed by atoms with Crippen LogP contribution in [0.3, 0.4) is 0 Å². The van der Waals surface area contributed by atoms with Crippen molar-refractivity contribution in [3.05, 3.63) is 40.6 Å². The molecule has 1 aromatic carbocycles. The highest BCUT2D eigenvalue weighted by atomic mass is 32.1. The van der Waals surface area contributed by atoms with Crippen LogP contribution in [0.15, 0.2) is 35.7 Å². The summed E-state index contributed by atoms with van der Waals surface area (Å²) < 4.78 is 10.6. The number of carbonyl (C=O) groups is 1. The standard InChI is InChI=1S/C14H13NO3S/c1-15(14(16)8-11-3-2-6-19-11)10-4-5-12-13(7-10)18-9-17-12/h2-7H,8-9H2,1H3. The molecule has 1 aliphatic rings. The molecule has 0 saturated carbocycles. The summed E-state index contributed by atoms with van der Waals surface area (Å²) in [5, 5.41) is 1.98. The maximum absolute atomic E-state index is 12.2. The lowest BCUT2D eigenvalue weighted by atomic mass is 10.2. The molecule has 1 aliphatic heterocycles. The zero-order chi connectivity index (χ0) is 13.2. The van der Waals surface area contributed by atoms with Crippen molar-refractivity contribution in [2.75, 3.05) is 18.7 Å². The van der Waals surface area contributed by atoms with Crippen molar-refractivity contribution in [1.82, 2.24) is 0 Å². The van der Waals surface area contributed by atoms with E-state index in [1.807, 2.05) is 35.7 Å². The predicted molar refractivity (Wildman–Crippen MR) is 74.0 cm³/mol. The summed E-state index contributed by atoms with van der Waals surface area (Å²) in [5.74, 6) is 1.47. The van der Waals surface area contributed by atoms with E-state index in [1.54, 1.807) is 23.3 Å². The van der Waals surface area contributed by atoms with Crippen LogP contribution in [0.5, 0.6) is 11.5 Å². The molecule has 0 unspecified atom stereocenters. The number of thiophene rings is 1. The number of amides is 1. The molecule has 2 aromatic rings. The molecule has 5 heteroatoms. The van der Waals surface area contributed by atoms with Gasteiger partial charge in [-0.3, -0.25) is 4.79 Å². The SMILES string of the molecule is CN(C(=O)Cc1cccs1)c1ccc2c(c1)OCO2. The van der Waals surface area contributed by atoms with Crippen LogP contribution in [0.1, 0.15) is 4.88 Å². The van der Waals surface area contributed by atoms with E-state index in [0.29, 0.717) is 12.2 Å². The first-order chi connectivity index (χ1) is 9.24. The van der Waals surface area contributed by atoms with Gasteiger partial charge in [0.2, 0.25) is 12.7 Å². The van der Waals surface area contributed by atoms with E-state index in [0.717, 1.165) is 16.3 Å². The topological polar surface area (TPSA) is 38.8 Å². The van der Waals surface area contributed by atoms with Crippen LogP contribution in [0.4, 0.5) is 5.69 Å². The molecule has 0 atom stereocenters. The number of anilines is 1. The molecule has 0 spiro atoms. The molecule has 0 saturated heterocycles. The third kappa shape index (κ3) is 2.42. The minimum Gasteiger partial charge on any atom is -0.454 e. The molecule has 1 amide bonds. The number of fused-ring (bicyclic) bond motifs is 1. The molecule has 0 aliphatic carbocycles. The number of hydrogen-bond acceptors (Lipinski definition) is 4. The molecular weight excluding hydrogens is 262 g/mol. The van der Waals surface area contributed by atoms with Crippen molar-refractivity contribution < 1.29 is 14.3 Å². The number of rotatable bonds is 3. The summed E-state index contributed by atoms with van der Waals surface area (Å²) in [4.78, 5) is 14.9. The molecule has 2 heterocycles. The number of nitrogens with zero attached hydrogens (tertiary/aromatic N) is 1. The minimum absolute atomic E-state index is 0.0568. The number of benzene rings is 1. The smallest absolute Gasteiger partial charge is 0.231 e. The Morgan fingerprint density at radius 2 is 2.16 bits per heavy atom. The number of hydrogen-bond donors (Lipinski definition) is 0. The largest absolute Gasteiger partial charge is 0.454 e. The summed E-state index contributed by atoms with van der Waals surface area (Å²) in [6, 6.07) is 9.44. The highest BCUT2D eigenvalue weighted by Gasteiger charge is 2.17. The van der Waals surface area contributed by atoms with Crippen LogP contribution in [0.2, 0.25) is 0 Å². The average molecular weight is 275 g/mol. The fraction of sp³-hybridized carbons (Fsp3) is 0.214. The van der Waals surface area contributed by atoms with Crippen LogP contribution < -0.4 is 14.4 Å². The quantitative estimate of drug-likeness (QED) is 0.864. The fourth-order valence-corrected chi connectivity index (χ4v) is 2.61. The van der Waals surface area contributed by atoms with E-state index < -0.39 is 0 Å². The van der Waals surface area contributed by atoms with Crippen LogP contribution in [0, 0.1) is 0 Å². The molecule has 19 heavy (non-hydrogen) atoms. The summed E-state index contributed by atoms with van der Waals surface area (Å²) >= 11 is 1.59. The molecular formula is C14H13NO3S. The number of carbonyl (C=O) groups excluding carboxylic acids is 1. The van der Waals surface area contributed by atoms with Crippen LogP contribution in [0.25, 0.3) is 0 Å². The first-order valence-electron chi connectivity index (χ1n) is 5.92. The van der Waals surface area contributed by atoms with Gasteiger partial charge in [0.05, 0.1) is 6.42 Å². The molecule has 4 nitrogen and oxygen atoms in total. The van der Waals surface area contributed by atoms with Gasteiger partial charge in [-0.1, -0.05) is 6.07 Å². The third-order valence-electron chi connectivity index (χ3n) is 3.02. The Kier molecular flexibility index (Phi) is 3.13. The molecule has 0 bridgehead atoms. The van der Waals surface area contributed by atoms with Crippen molar-refractivity contribution in [3.63, 3.8) is 0 Å². The number of likely N-dealkylation sites (N-methyl/N-ethyl adjacent to an activating group) is 1. The Morgan fingerprint density at radius 1 is 1.32 bits per heavy atom. The fourth-order valence-electron chi connectivity index (χ4n) is 1.92. The molecule has 0 fully saturated rings. The first kappa shape index (κ1) is 12.0. The van der Waals surface area contributed by atoms with Crippen LogP contribution in [-0.2, 0) is 11.2 Å². The summed E-state index contributed by atoms with van der Waals surface area (Å²) in [7, 11) is 1.77. The van der Waals surface area contributed by atoms with Crippen molar-refractivity contribution in [1.29, 1.82) is 0 Å². The van der Waals surface area contributed by atoms with Crippen LogP contribution in [-0.4, -0.2) is 19.7 Å². The van der Waals surface area contributed by atoms with Gasteiger partial charge >= 0.3 is 0 Å². The van der Waals surface area contributed by atoms with E-state index in [4.69, 9.17) is 9.47 Å². The zero-order valence-electron chi connectivity index (χ0n) is 10.5. The maximum Gasteiger partial charge on any atom is 0.231 e. The van der Waals surface area contributed by atoms with Gasteiger partial charge in [0.25, 0.3) is 0 Å². The van der Waals surface area contributed by atoms with Gasteiger partial charge in [-0.25, -0.2) is 0 Å². The Labute approximate surface area is 115 Å². The van der Waals surface area contributed by atoms with E-state index >= 15 is 0 Å². The Bertz CT molecular complexity index is 595. The molecule has 3 rings (SSSR count). The van der Waals surface area contributed by atoms with Gasteiger partial charge in [0.1, 0.15) is 0 Å². The molecule has 0 N–H and O–H groups in total. The second kappa shape index (κ2) is 4.93. The third-order valence-corrected chi connectivity index (χ3v) is 3.90. The lowest BCUT2D eigenvalue weighted by Crippen LogP contribution is -2.27. The monoisotopic (exact) mass is 275 g/mol. The molecule has 98 valence electrons. The lowest BCUT2D eigenvalue weighted by Gasteiger charge is -2.17. The normalized spacial score (nSPS) is 12.5. The van der Waals surface area contributed by atoms with Gasteiger partial charge in [0.15, 0.2) is 11.5 Å². The lowest BCUT2D eigenvalue weighted by molar-refractivity contribution is -0.117. The Morgan fingerprint density at radius 3 is 2.95 bits per heavy atom. The highest BCUT2D eigenvalue weighted by Crippen LogP contribution is 2.35. The molecule has 1 aromatic heterocycles. The van der Waals surface area contributed by atoms with Crippen LogP contribution >= 0.6 is 11.3 Å². The van der Waals surface area contributed by atoms with E-state index in [9.17, 15) is 4.79 Å². The van der Waals surface area contributed by atoms with E-state index in [1.165, 1.54) is 0 Å². The Balaban J connectivity index is 1.76. The second-order valence-electron chi connectivity index (χ2n) is 4.25. The van der Waals surface area contributed by atoms with Crippen molar-refractivity contribution in [2.24, 2.45) is 0 Å². The van der Waals surface area contributed by atoms with Gasteiger partial charge in [-0.2, -0.15) is 0 Å². The maximum atomic E-state index is 12.2. The van der Waals surface area contributed by atoms with Crippen molar-refractivity contribution in [2.45, 2.75) is 6.42 Å². The van der Waals surface area contributed by atoms with Crippen molar-refractivity contribution in [3.8, 4) is 11.5 Å². The zero-order valence-corrected chi connectivity index (χ0v) is 11.3. The van der Waals surface area contributed by atoms with E-state index in [-0.39, 0.29) is 12.7 Å². The Hall–Kier alpha value is -2.01. The summed E-state index contributed by atoms with van der Waals surface area (Å²) in [6.45, 7) is 0.242. The first-order valence-corrected chi connectivity index (χ1v) is 6.80. The minimum atomic E-state index is 0.0568. The predicted octanol–water partition coefficient (Wildman–Crippen LogP) is 2.68. The average Bonchev–Trinajstić information content (AvgIpc) is 3.07.